The number of nitrogens with zero attached hydrogens (tertiary/aromatic N) is 2. The highest BCUT2D eigenvalue weighted by atomic mass is 16.2. The number of urea groups is 1. The van der Waals surface area contributed by atoms with Gasteiger partial charge in [0.15, 0.2) is 0 Å². The van der Waals surface area contributed by atoms with Gasteiger partial charge in [-0.3, -0.25) is 4.79 Å². The Morgan fingerprint density at radius 2 is 1.54 bits per heavy atom. The van der Waals surface area contributed by atoms with Crippen LogP contribution in [0.15, 0.2) is 30.3 Å². The maximum Gasteiger partial charge on any atom is 0.322 e. The van der Waals surface area contributed by atoms with Crippen molar-refractivity contribution in [2.45, 2.75) is 64.5 Å². The van der Waals surface area contributed by atoms with Gasteiger partial charge in [-0.15, -0.1) is 0 Å². The first kappa shape index (κ1) is 18.7. The molecule has 2 aliphatic rings. The van der Waals surface area contributed by atoms with E-state index in [1.54, 1.807) is 6.92 Å². The lowest BCUT2D eigenvalue weighted by molar-refractivity contribution is -0.130. The fourth-order valence-corrected chi connectivity index (χ4v) is 4.32. The van der Waals surface area contributed by atoms with Crippen LogP contribution in [0.25, 0.3) is 0 Å². The summed E-state index contributed by atoms with van der Waals surface area (Å²) in [5.41, 5.74) is 0.841. The van der Waals surface area contributed by atoms with Gasteiger partial charge in [-0.2, -0.15) is 0 Å². The number of likely N-dealkylation sites (tertiary alicyclic amines) is 1. The first-order valence-electron chi connectivity index (χ1n) is 9.94. The zero-order valence-corrected chi connectivity index (χ0v) is 16.0. The van der Waals surface area contributed by atoms with Crippen LogP contribution in [-0.2, 0) is 4.79 Å². The summed E-state index contributed by atoms with van der Waals surface area (Å²) < 4.78 is 0. The molecule has 1 aromatic carbocycles. The molecule has 26 heavy (non-hydrogen) atoms. The molecule has 1 aliphatic carbocycles. The van der Waals surface area contributed by atoms with E-state index in [4.69, 9.17) is 0 Å². The molecule has 0 unspecified atom stereocenters. The van der Waals surface area contributed by atoms with Crippen molar-refractivity contribution < 1.29 is 9.59 Å². The number of hydrogen-bond donors (Lipinski definition) is 1. The fraction of sp³-hybridized carbons (Fsp3) is 0.619. The minimum Gasteiger partial charge on any atom is -0.343 e. The van der Waals surface area contributed by atoms with E-state index in [9.17, 15) is 9.59 Å². The van der Waals surface area contributed by atoms with Crippen molar-refractivity contribution in [3.8, 4) is 0 Å². The molecule has 1 saturated carbocycles. The number of nitrogens with one attached hydrogen (secondary N) is 1. The maximum atomic E-state index is 13.1. The summed E-state index contributed by atoms with van der Waals surface area (Å²) in [5, 5.41) is 3.09. The second-order valence-electron chi connectivity index (χ2n) is 7.85. The van der Waals surface area contributed by atoms with Gasteiger partial charge >= 0.3 is 6.03 Å². The van der Waals surface area contributed by atoms with Crippen LogP contribution >= 0.6 is 0 Å². The normalized spacial score (nSPS) is 24.2. The first-order valence-corrected chi connectivity index (χ1v) is 9.94. The molecule has 0 spiro atoms. The van der Waals surface area contributed by atoms with E-state index in [0.717, 1.165) is 50.4 Å². The van der Waals surface area contributed by atoms with Crippen LogP contribution in [0, 0.1) is 5.92 Å². The van der Waals surface area contributed by atoms with E-state index < -0.39 is 0 Å². The largest absolute Gasteiger partial charge is 0.343 e. The topological polar surface area (TPSA) is 52.7 Å². The highest BCUT2D eigenvalue weighted by molar-refractivity contribution is 5.89. The number of hydrogen-bond acceptors (Lipinski definition) is 2. The minimum absolute atomic E-state index is 0.0111. The Morgan fingerprint density at radius 1 is 0.962 bits per heavy atom. The van der Waals surface area contributed by atoms with Crippen molar-refractivity contribution in [3.63, 3.8) is 0 Å². The predicted octanol–water partition coefficient (Wildman–Crippen LogP) is 4.11. The molecule has 142 valence electrons. The smallest absolute Gasteiger partial charge is 0.322 e. The molecule has 0 atom stereocenters. The number of benzene rings is 1. The van der Waals surface area contributed by atoms with Crippen molar-refractivity contribution >= 4 is 17.6 Å². The van der Waals surface area contributed by atoms with Crippen LogP contribution in [0.5, 0.6) is 0 Å². The molecule has 3 amide bonds. The number of carbonyl (C=O) groups is 2. The summed E-state index contributed by atoms with van der Waals surface area (Å²) in [4.78, 5) is 28.8. The molecule has 2 fully saturated rings. The molecule has 1 heterocycles. The quantitative estimate of drug-likeness (QED) is 0.885. The molecular formula is C21H31N3O2. The van der Waals surface area contributed by atoms with Crippen molar-refractivity contribution in [3.05, 3.63) is 30.3 Å². The lowest BCUT2D eigenvalue weighted by Crippen LogP contribution is -2.54. The summed E-state index contributed by atoms with van der Waals surface area (Å²) >= 11 is 0. The minimum atomic E-state index is 0.0111. The molecule has 0 radical (unpaired) electrons. The summed E-state index contributed by atoms with van der Waals surface area (Å²) in [7, 11) is 0. The van der Waals surface area contributed by atoms with Crippen molar-refractivity contribution in [1.29, 1.82) is 0 Å². The van der Waals surface area contributed by atoms with E-state index in [1.165, 1.54) is 12.8 Å². The SMILES string of the molecule is CC(=O)N1CCC(N(C(=O)Nc2ccccc2)C2CCC(C)CC2)CC1. The summed E-state index contributed by atoms with van der Waals surface area (Å²) in [6.45, 7) is 5.43. The predicted molar refractivity (Wildman–Crippen MR) is 104 cm³/mol. The molecule has 1 saturated heterocycles. The molecule has 0 aromatic heterocycles. The highest BCUT2D eigenvalue weighted by Crippen LogP contribution is 2.31. The summed E-state index contributed by atoms with van der Waals surface area (Å²) in [6.07, 6.45) is 6.27. The fourth-order valence-electron chi connectivity index (χ4n) is 4.32. The van der Waals surface area contributed by atoms with Gasteiger partial charge in [-0.05, 0) is 56.6 Å². The molecule has 5 heteroatoms. The Kier molecular flexibility index (Phi) is 6.17. The van der Waals surface area contributed by atoms with Gasteiger partial charge in [0.25, 0.3) is 0 Å². The van der Waals surface area contributed by atoms with Crippen molar-refractivity contribution in [1.82, 2.24) is 9.80 Å². The summed E-state index contributed by atoms with van der Waals surface area (Å²) in [6, 6.07) is 10.2. The van der Waals surface area contributed by atoms with Gasteiger partial charge in [-0.25, -0.2) is 4.79 Å². The van der Waals surface area contributed by atoms with E-state index in [2.05, 4.69) is 17.1 Å². The van der Waals surface area contributed by atoms with Gasteiger partial charge in [0.1, 0.15) is 0 Å². The van der Waals surface area contributed by atoms with Crippen molar-refractivity contribution in [2.24, 2.45) is 5.92 Å². The molecule has 5 nitrogen and oxygen atoms in total. The number of piperidine rings is 1. The van der Waals surface area contributed by atoms with Gasteiger partial charge in [0, 0.05) is 37.8 Å². The molecule has 1 aliphatic heterocycles. The lowest BCUT2D eigenvalue weighted by atomic mass is 9.85. The highest BCUT2D eigenvalue weighted by Gasteiger charge is 2.35. The van der Waals surface area contributed by atoms with E-state index >= 15 is 0 Å². The number of carbonyl (C=O) groups excluding carboxylic acids is 2. The maximum absolute atomic E-state index is 13.1. The second-order valence-corrected chi connectivity index (χ2v) is 7.85. The molecule has 1 aromatic rings. The van der Waals surface area contributed by atoms with Crippen molar-refractivity contribution in [2.75, 3.05) is 18.4 Å². The third-order valence-electron chi connectivity index (χ3n) is 5.94. The van der Waals surface area contributed by atoms with Crippen LogP contribution in [-0.4, -0.2) is 46.9 Å². The van der Waals surface area contributed by atoms with Crippen LogP contribution in [0.1, 0.15) is 52.4 Å². The Bertz CT molecular complexity index is 603. The average molecular weight is 357 g/mol. The summed E-state index contributed by atoms with van der Waals surface area (Å²) in [5.74, 6) is 0.889. The van der Waals surface area contributed by atoms with Gasteiger partial charge in [0.2, 0.25) is 5.91 Å². The van der Waals surface area contributed by atoms with Crippen LogP contribution in [0.3, 0.4) is 0 Å². The van der Waals surface area contributed by atoms with Gasteiger partial charge in [-0.1, -0.05) is 25.1 Å². The zero-order valence-electron chi connectivity index (χ0n) is 16.0. The van der Waals surface area contributed by atoms with E-state index in [0.29, 0.717) is 6.04 Å². The first-order chi connectivity index (χ1) is 12.5. The lowest BCUT2D eigenvalue weighted by Gasteiger charge is -2.44. The molecule has 1 N–H and O–H groups in total. The Morgan fingerprint density at radius 3 is 2.12 bits per heavy atom. The average Bonchev–Trinajstić information content (AvgIpc) is 2.65. The monoisotopic (exact) mass is 357 g/mol. The van der Waals surface area contributed by atoms with Crippen LogP contribution < -0.4 is 5.32 Å². The third kappa shape index (κ3) is 4.57. The standard InChI is InChI=1S/C21H31N3O2/c1-16-8-10-19(11-9-16)24(20-12-14-23(15-13-20)17(2)25)21(26)22-18-6-4-3-5-7-18/h3-7,16,19-20H,8-15H2,1-2H3,(H,22,26). The Balaban J connectivity index is 1.71. The van der Waals surface area contributed by atoms with Crippen LogP contribution in [0.2, 0.25) is 0 Å². The van der Waals surface area contributed by atoms with E-state index in [-0.39, 0.29) is 18.0 Å². The Labute approximate surface area is 156 Å². The number of anilines is 1. The van der Waals surface area contributed by atoms with Gasteiger partial charge < -0.3 is 15.1 Å². The number of rotatable bonds is 3. The Hall–Kier alpha value is -2.04. The van der Waals surface area contributed by atoms with Crippen LogP contribution in [0.4, 0.5) is 10.5 Å². The second kappa shape index (κ2) is 8.56. The van der Waals surface area contributed by atoms with Gasteiger partial charge in [0.05, 0.1) is 0 Å². The van der Waals surface area contributed by atoms with E-state index in [1.807, 2.05) is 35.2 Å². The molecular weight excluding hydrogens is 326 g/mol. The third-order valence-corrected chi connectivity index (χ3v) is 5.94. The molecule has 3 rings (SSSR count). The number of amides is 3. The zero-order chi connectivity index (χ0) is 18.5. The number of para-hydroxylation sites is 1. The molecule has 0 bridgehead atoms.